The summed E-state index contributed by atoms with van der Waals surface area (Å²) < 4.78 is 10.2. The van der Waals surface area contributed by atoms with E-state index in [1.54, 1.807) is 0 Å². The van der Waals surface area contributed by atoms with Crippen LogP contribution in [0.5, 0.6) is 0 Å². The summed E-state index contributed by atoms with van der Waals surface area (Å²) in [6.45, 7) is 1.84. The van der Waals surface area contributed by atoms with Gasteiger partial charge in [0.25, 0.3) is 0 Å². The summed E-state index contributed by atoms with van der Waals surface area (Å²) in [7, 11) is 0. The average molecular weight is 1130 g/mol. The van der Waals surface area contributed by atoms with Gasteiger partial charge < -0.3 is 29.9 Å². The Bertz CT molecular complexity index is 200. The summed E-state index contributed by atoms with van der Waals surface area (Å²) in [5.74, 6) is 0. The van der Waals surface area contributed by atoms with E-state index in [2.05, 4.69) is 0 Å². The van der Waals surface area contributed by atoms with Gasteiger partial charge in [0.15, 0.2) is 6.29 Å². The molecular weight excluding hydrogens is 1110 g/mol. The summed E-state index contributed by atoms with van der Waals surface area (Å²) in [5.41, 5.74) is 0. The Hall–Kier alpha value is 5.53. The molecule has 1 aliphatic rings. The second kappa shape index (κ2) is 18.3. The Balaban J connectivity index is -0.000000281. The summed E-state index contributed by atoms with van der Waals surface area (Å²) in [4.78, 5) is 0. The molecule has 5 atom stereocenters. The molecule has 19 heavy (non-hydrogen) atoms. The molecule has 1 fully saturated rings. The standard InChI is InChI=1S/C9H18O6.4Ac/c1-2-3-14-9-8(13)7(12)6(11)5(4-10)15-9;;;;/h5-13H,2-4H2,1H3;;;;. The monoisotopic (exact) mass is 1130 g/mol. The third kappa shape index (κ3) is 11.0. The first-order valence-electron chi connectivity index (χ1n) is 5.04. The Morgan fingerprint density at radius 3 is 1.89 bits per heavy atom. The molecular formula is C9H18Ac4O6. The fraction of sp³-hybridized carbons (Fsp3) is 1.00. The Kier molecular flexibility index (Phi) is 31.1. The first kappa shape index (κ1) is 32.2. The first-order chi connectivity index (χ1) is 7.11. The van der Waals surface area contributed by atoms with Gasteiger partial charge in [-0.25, -0.2) is 0 Å². The molecule has 0 saturated carbocycles. The minimum Gasteiger partial charge on any atom is -0.394 e. The van der Waals surface area contributed by atoms with Gasteiger partial charge in [0.05, 0.1) is 6.61 Å². The van der Waals surface area contributed by atoms with Crippen molar-refractivity contribution in [3.63, 3.8) is 0 Å². The van der Waals surface area contributed by atoms with Crippen LogP contribution in [0, 0.1) is 176 Å². The minimum atomic E-state index is -1.36. The number of aliphatic hydroxyl groups excluding tert-OH is 4. The number of aliphatic hydroxyl groups is 4. The van der Waals surface area contributed by atoms with Crippen molar-refractivity contribution in [1.29, 1.82) is 0 Å². The molecule has 0 amide bonds. The maximum atomic E-state index is 9.51. The van der Waals surface area contributed by atoms with Crippen LogP contribution in [0.2, 0.25) is 0 Å². The zero-order valence-electron chi connectivity index (χ0n) is 10.9. The quantitative estimate of drug-likeness (QED) is 0.266. The zero-order valence-corrected chi connectivity index (χ0v) is 29.9. The molecule has 102 valence electrons. The van der Waals surface area contributed by atoms with Gasteiger partial charge in [0.2, 0.25) is 0 Å². The van der Waals surface area contributed by atoms with E-state index in [9.17, 15) is 15.3 Å². The number of rotatable bonds is 4. The molecule has 1 heterocycles. The summed E-state index contributed by atoms with van der Waals surface area (Å²) in [6, 6.07) is 0. The molecule has 1 rings (SSSR count). The van der Waals surface area contributed by atoms with Gasteiger partial charge in [-0.3, -0.25) is 0 Å². The van der Waals surface area contributed by atoms with Crippen molar-refractivity contribution in [3.8, 4) is 0 Å². The van der Waals surface area contributed by atoms with Gasteiger partial charge in [-0.1, -0.05) is 6.92 Å². The molecule has 0 aromatic heterocycles. The normalized spacial score (nSPS) is 33.0. The van der Waals surface area contributed by atoms with E-state index in [-0.39, 0.29) is 176 Å². The van der Waals surface area contributed by atoms with E-state index in [1.807, 2.05) is 6.92 Å². The molecule has 1 aliphatic heterocycles. The van der Waals surface area contributed by atoms with E-state index in [4.69, 9.17) is 14.6 Å². The second-order valence-electron chi connectivity index (χ2n) is 3.57. The third-order valence-corrected chi connectivity index (χ3v) is 2.33. The first-order valence-corrected chi connectivity index (χ1v) is 5.04. The van der Waals surface area contributed by atoms with Crippen LogP contribution in [0.3, 0.4) is 0 Å². The van der Waals surface area contributed by atoms with Crippen molar-refractivity contribution >= 4 is 0 Å². The predicted molar refractivity (Wildman–Crippen MR) is 50.0 cm³/mol. The van der Waals surface area contributed by atoms with Crippen LogP contribution in [0.15, 0.2) is 0 Å². The fourth-order valence-corrected chi connectivity index (χ4v) is 1.44. The van der Waals surface area contributed by atoms with Gasteiger partial charge in [0, 0.05) is 183 Å². The Labute approximate surface area is 256 Å². The molecule has 0 aromatic carbocycles. The SMILES string of the molecule is CCCOC1OC(CO)C(O)C(O)C1O.[Ac].[Ac].[Ac].[Ac]. The molecule has 0 aliphatic carbocycles. The molecule has 1 saturated heterocycles. The van der Waals surface area contributed by atoms with E-state index in [0.29, 0.717) is 6.61 Å². The number of ether oxygens (including phenoxy) is 2. The van der Waals surface area contributed by atoms with Crippen LogP contribution in [0.1, 0.15) is 13.3 Å². The minimum absolute atomic E-state index is 0. The van der Waals surface area contributed by atoms with Crippen LogP contribution >= 0.6 is 0 Å². The van der Waals surface area contributed by atoms with Crippen molar-refractivity contribution in [2.75, 3.05) is 13.2 Å². The average Bonchev–Trinajstić information content (AvgIpc) is 2.25. The van der Waals surface area contributed by atoms with Gasteiger partial charge >= 0.3 is 0 Å². The van der Waals surface area contributed by atoms with E-state index in [1.165, 1.54) is 0 Å². The zero-order chi connectivity index (χ0) is 11.4. The van der Waals surface area contributed by atoms with Crippen LogP contribution in [0.4, 0.5) is 0 Å². The topological polar surface area (TPSA) is 99.4 Å². The number of hydrogen-bond donors (Lipinski definition) is 4. The van der Waals surface area contributed by atoms with Gasteiger partial charge in [-0.15, -0.1) is 0 Å². The van der Waals surface area contributed by atoms with Crippen molar-refractivity contribution in [2.24, 2.45) is 0 Å². The van der Waals surface area contributed by atoms with Gasteiger partial charge in [0.1, 0.15) is 24.4 Å². The Morgan fingerprint density at radius 2 is 1.47 bits per heavy atom. The van der Waals surface area contributed by atoms with E-state index < -0.39 is 37.3 Å². The van der Waals surface area contributed by atoms with Crippen LogP contribution in [-0.2, 0) is 9.47 Å². The van der Waals surface area contributed by atoms with Crippen molar-refractivity contribution in [3.05, 3.63) is 0 Å². The molecule has 0 aromatic rings. The van der Waals surface area contributed by atoms with Crippen LogP contribution < -0.4 is 0 Å². The Morgan fingerprint density at radius 1 is 0.947 bits per heavy atom. The summed E-state index contributed by atoms with van der Waals surface area (Å²) in [6.07, 6.45) is -5.14. The molecule has 0 bridgehead atoms. The molecule has 10 heteroatoms. The fourth-order valence-electron chi connectivity index (χ4n) is 1.44. The molecule has 4 radical (unpaired) electrons. The number of hydrogen-bond acceptors (Lipinski definition) is 6. The summed E-state index contributed by atoms with van der Waals surface area (Å²) in [5, 5.41) is 37.2. The predicted octanol–water partition coefficient (Wildman–Crippen LogP) is -1.79. The third-order valence-electron chi connectivity index (χ3n) is 2.33. The van der Waals surface area contributed by atoms with E-state index >= 15 is 0 Å². The molecule has 0 spiro atoms. The van der Waals surface area contributed by atoms with Crippen molar-refractivity contribution < 1.29 is 206 Å². The van der Waals surface area contributed by atoms with E-state index in [0.717, 1.165) is 6.42 Å². The van der Waals surface area contributed by atoms with Gasteiger partial charge in [-0.2, -0.15) is 0 Å². The second-order valence-corrected chi connectivity index (χ2v) is 3.57. The molecule has 6 nitrogen and oxygen atoms in total. The van der Waals surface area contributed by atoms with Crippen LogP contribution in [0.25, 0.3) is 0 Å². The molecule has 5 unspecified atom stereocenters. The van der Waals surface area contributed by atoms with Crippen LogP contribution in [-0.4, -0.2) is 64.3 Å². The maximum absolute atomic E-state index is 9.51. The molecule has 4 N–H and O–H groups in total. The largest absolute Gasteiger partial charge is 0.394 e. The van der Waals surface area contributed by atoms with Crippen molar-refractivity contribution in [1.82, 2.24) is 0 Å². The van der Waals surface area contributed by atoms with Crippen molar-refractivity contribution in [2.45, 2.75) is 44.1 Å². The van der Waals surface area contributed by atoms with Gasteiger partial charge in [-0.05, 0) is 6.42 Å². The summed E-state index contributed by atoms with van der Waals surface area (Å²) >= 11 is 0. The smallest absolute Gasteiger partial charge is 0.186 e. The maximum Gasteiger partial charge on any atom is 0.186 e.